The summed E-state index contributed by atoms with van der Waals surface area (Å²) in [7, 11) is 0. The standard InChI is InChI=1S/C15H11IN2O2S/c1-8-2-4-11-13(6-8)21-15(17-11)18-14(20)10-7-9(16)3-5-12(10)19/h2-7,19H,1H3,(H,17,18,20). The number of nitrogens with zero attached hydrogens (tertiary/aromatic N) is 1. The van der Waals surface area contributed by atoms with Gasteiger partial charge in [-0.1, -0.05) is 17.4 Å². The molecule has 0 atom stereocenters. The van der Waals surface area contributed by atoms with Gasteiger partial charge in [0.1, 0.15) is 5.75 Å². The van der Waals surface area contributed by atoms with Gasteiger partial charge < -0.3 is 5.11 Å². The van der Waals surface area contributed by atoms with E-state index in [4.69, 9.17) is 0 Å². The van der Waals surface area contributed by atoms with E-state index in [9.17, 15) is 9.90 Å². The molecule has 4 nitrogen and oxygen atoms in total. The number of halogens is 1. The maximum absolute atomic E-state index is 12.2. The first-order chi connectivity index (χ1) is 10.0. The Balaban J connectivity index is 1.90. The smallest absolute Gasteiger partial charge is 0.261 e. The van der Waals surface area contributed by atoms with Crippen LogP contribution in [0, 0.1) is 10.5 Å². The number of hydrogen-bond acceptors (Lipinski definition) is 4. The molecule has 0 unspecified atom stereocenters. The normalized spacial score (nSPS) is 10.8. The molecule has 3 rings (SSSR count). The minimum atomic E-state index is -0.359. The summed E-state index contributed by atoms with van der Waals surface area (Å²) in [5, 5.41) is 13.0. The lowest BCUT2D eigenvalue weighted by Crippen LogP contribution is -2.12. The lowest BCUT2D eigenvalue weighted by atomic mass is 10.2. The van der Waals surface area contributed by atoms with Gasteiger partial charge in [-0.25, -0.2) is 4.98 Å². The number of nitrogens with one attached hydrogen (secondary N) is 1. The molecule has 2 N–H and O–H groups in total. The second-order valence-electron chi connectivity index (χ2n) is 4.61. The predicted octanol–water partition coefficient (Wildman–Crippen LogP) is 4.17. The number of aryl methyl sites for hydroxylation is 1. The number of phenols is 1. The van der Waals surface area contributed by atoms with Crippen molar-refractivity contribution in [3.8, 4) is 5.75 Å². The second-order valence-corrected chi connectivity index (χ2v) is 6.88. The zero-order valence-corrected chi connectivity index (χ0v) is 14.0. The Morgan fingerprint density at radius 3 is 2.90 bits per heavy atom. The van der Waals surface area contributed by atoms with Crippen LogP contribution in [0.25, 0.3) is 10.2 Å². The molecular formula is C15H11IN2O2S. The molecule has 0 radical (unpaired) electrons. The number of phenolic OH excluding ortho intramolecular Hbond substituents is 1. The average Bonchev–Trinajstić information content (AvgIpc) is 2.82. The summed E-state index contributed by atoms with van der Waals surface area (Å²) in [6, 6.07) is 10.8. The van der Waals surface area contributed by atoms with Gasteiger partial charge in [0.2, 0.25) is 0 Å². The topological polar surface area (TPSA) is 62.2 Å². The number of amides is 1. The van der Waals surface area contributed by atoms with Crippen LogP contribution in [-0.2, 0) is 0 Å². The summed E-state index contributed by atoms with van der Waals surface area (Å²) in [5.41, 5.74) is 2.25. The molecule has 0 saturated carbocycles. The van der Waals surface area contributed by atoms with Crippen LogP contribution in [0.4, 0.5) is 5.13 Å². The number of hydrogen-bond donors (Lipinski definition) is 2. The van der Waals surface area contributed by atoms with E-state index in [1.807, 2.05) is 25.1 Å². The Hall–Kier alpha value is -1.67. The summed E-state index contributed by atoms with van der Waals surface area (Å²) in [6.45, 7) is 2.02. The predicted molar refractivity (Wildman–Crippen MR) is 93.1 cm³/mol. The summed E-state index contributed by atoms with van der Waals surface area (Å²) in [5.74, 6) is -0.397. The van der Waals surface area contributed by atoms with Gasteiger partial charge in [0.25, 0.3) is 5.91 Å². The van der Waals surface area contributed by atoms with Crippen molar-refractivity contribution >= 4 is 55.2 Å². The average molecular weight is 410 g/mol. The fourth-order valence-corrected chi connectivity index (χ4v) is 3.39. The zero-order valence-electron chi connectivity index (χ0n) is 11.1. The molecule has 1 aromatic heterocycles. The first-order valence-corrected chi connectivity index (χ1v) is 8.09. The second kappa shape index (κ2) is 5.61. The number of thiazole rings is 1. The van der Waals surface area contributed by atoms with Gasteiger partial charge in [0.15, 0.2) is 5.13 Å². The number of anilines is 1. The molecule has 0 aliphatic rings. The van der Waals surface area contributed by atoms with Gasteiger partial charge in [0, 0.05) is 3.57 Å². The SMILES string of the molecule is Cc1ccc2nc(NC(=O)c3cc(I)ccc3O)sc2c1. The van der Waals surface area contributed by atoms with E-state index in [0.29, 0.717) is 5.13 Å². The van der Waals surface area contributed by atoms with Crippen molar-refractivity contribution in [1.29, 1.82) is 0 Å². The molecule has 6 heteroatoms. The van der Waals surface area contributed by atoms with Crippen LogP contribution in [-0.4, -0.2) is 16.0 Å². The molecule has 2 aromatic carbocycles. The van der Waals surface area contributed by atoms with E-state index >= 15 is 0 Å². The third-order valence-electron chi connectivity index (χ3n) is 2.97. The van der Waals surface area contributed by atoms with Gasteiger partial charge >= 0.3 is 0 Å². The monoisotopic (exact) mass is 410 g/mol. The van der Waals surface area contributed by atoms with Crippen LogP contribution in [0.1, 0.15) is 15.9 Å². The maximum atomic E-state index is 12.2. The third kappa shape index (κ3) is 3.01. The highest BCUT2D eigenvalue weighted by molar-refractivity contribution is 14.1. The fourth-order valence-electron chi connectivity index (χ4n) is 1.94. The van der Waals surface area contributed by atoms with Crippen molar-refractivity contribution in [3.05, 3.63) is 51.1 Å². The van der Waals surface area contributed by atoms with Crippen LogP contribution in [0.15, 0.2) is 36.4 Å². The molecule has 0 aliphatic heterocycles. The van der Waals surface area contributed by atoms with Crippen LogP contribution in [0.3, 0.4) is 0 Å². The largest absolute Gasteiger partial charge is 0.507 e. The molecule has 0 aliphatic carbocycles. The van der Waals surface area contributed by atoms with Crippen molar-refractivity contribution < 1.29 is 9.90 Å². The quantitative estimate of drug-likeness (QED) is 0.624. The molecule has 1 amide bonds. The van der Waals surface area contributed by atoms with Crippen molar-refractivity contribution in [2.24, 2.45) is 0 Å². The number of fused-ring (bicyclic) bond motifs is 1. The molecule has 0 saturated heterocycles. The van der Waals surface area contributed by atoms with Crippen molar-refractivity contribution in [3.63, 3.8) is 0 Å². The molecule has 0 bridgehead atoms. The van der Waals surface area contributed by atoms with E-state index in [-0.39, 0.29) is 17.2 Å². The first-order valence-electron chi connectivity index (χ1n) is 6.20. The van der Waals surface area contributed by atoms with Gasteiger partial charge in [-0.3, -0.25) is 10.1 Å². The number of carbonyl (C=O) groups is 1. The molecule has 21 heavy (non-hydrogen) atoms. The van der Waals surface area contributed by atoms with Crippen LogP contribution in [0.2, 0.25) is 0 Å². The van der Waals surface area contributed by atoms with Crippen LogP contribution in [0.5, 0.6) is 5.75 Å². The molecule has 0 spiro atoms. The lowest BCUT2D eigenvalue weighted by Gasteiger charge is -2.04. The Bertz CT molecular complexity index is 845. The first kappa shape index (κ1) is 14.3. The maximum Gasteiger partial charge on any atom is 0.261 e. The third-order valence-corrected chi connectivity index (χ3v) is 4.57. The Morgan fingerprint density at radius 2 is 2.10 bits per heavy atom. The highest BCUT2D eigenvalue weighted by Crippen LogP contribution is 2.28. The highest BCUT2D eigenvalue weighted by Gasteiger charge is 2.14. The number of benzene rings is 2. The minimum Gasteiger partial charge on any atom is -0.507 e. The number of rotatable bonds is 2. The van der Waals surface area contributed by atoms with Crippen molar-refractivity contribution in [1.82, 2.24) is 4.98 Å². The van der Waals surface area contributed by atoms with Crippen LogP contribution < -0.4 is 5.32 Å². The Kier molecular flexibility index (Phi) is 3.81. The zero-order chi connectivity index (χ0) is 15.0. The molecule has 1 heterocycles. The van der Waals surface area contributed by atoms with Gasteiger partial charge in [-0.2, -0.15) is 0 Å². The highest BCUT2D eigenvalue weighted by atomic mass is 127. The van der Waals surface area contributed by atoms with Crippen molar-refractivity contribution in [2.75, 3.05) is 5.32 Å². The van der Waals surface area contributed by atoms with E-state index in [1.54, 1.807) is 12.1 Å². The van der Waals surface area contributed by atoms with E-state index in [2.05, 4.69) is 32.9 Å². The molecule has 106 valence electrons. The number of carbonyl (C=O) groups excluding carboxylic acids is 1. The van der Waals surface area contributed by atoms with E-state index < -0.39 is 0 Å². The fraction of sp³-hybridized carbons (Fsp3) is 0.0667. The van der Waals surface area contributed by atoms with Crippen LogP contribution >= 0.6 is 33.9 Å². The van der Waals surface area contributed by atoms with Gasteiger partial charge in [-0.05, 0) is 65.4 Å². The van der Waals surface area contributed by atoms with Gasteiger partial charge in [-0.15, -0.1) is 0 Å². The molecule has 3 aromatic rings. The Labute approximate surface area is 139 Å². The number of aromatic hydroxyl groups is 1. The van der Waals surface area contributed by atoms with Crippen molar-refractivity contribution in [2.45, 2.75) is 6.92 Å². The van der Waals surface area contributed by atoms with E-state index in [0.717, 1.165) is 19.4 Å². The lowest BCUT2D eigenvalue weighted by molar-refractivity contribution is 0.102. The number of aromatic nitrogens is 1. The Morgan fingerprint density at radius 1 is 1.29 bits per heavy atom. The summed E-state index contributed by atoms with van der Waals surface area (Å²) >= 11 is 3.52. The minimum absolute atomic E-state index is 0.0372. The van der Waals surface area contributed by atoms with Gasteiger partial charge in [0.05, 0.1) is 15.8 Å². The molecular weight excluding hydrogens is 399 g/mol. The summed E-state index contributed by atoms with van der Waals surface area (Å²) < 4.78 is 1.91. The van der Waals surface area contributed by atoms with E-state index in [1.165, 1.54) is 17.4 Å². The molecule has 0 fully saturated rings. The summed E-state index contributed by atoms with van der Waals surface area (Å²) in [4.78, 5) is 16.6. The summed E-state index contributed by atoms with van der Waals surface area (Å²) in [6.07, 6.45) is 0.